The van der Waals surface area contributed by atoms with Crippen molar-refractivity contribution < 1.29 is 27.4 Å². The second-order valence-electron chi connectivity index (χ2n) is 4.88. The molecule has 1 aromatic carbocycles. The van der Waals surface area contributed by atoms with E-state index in [0.29, 0.717) is 0 Å². The van der Waals surface area contributed by atoms with Crippen molar-refractivity contribution in [1.82, 2.24) is 10.3 Å². The Morgan fingerprint density at radius 2 is 2.09 bits per heavy atom. The highest BCUT2D eigenvalue weighted by Gasteiger charge is 2.35. The van der Waals surface area contributed by atoms with E-state index < -0.39 is 11.7 Å². The SMILES string of the molecule is COCCOc1ccc(C2=NNC(=O)CN2C)cc1C(F)(F)F. The molecule has 0 radical (unpaired) electrons. The van der Waals surface area contributed by atoms with E-state index in [4.69, 9.17) is 9.47 Å². The Labute approximate surface area is 130 Å². The van der Waals surface area contributed by atoms with Crippen LogP contribution in [0, 0.1) is 0 Å². The number of hydrazone groups is 1. The first kappa shape index (κ1) is 17.1. The quantitative estimate of drug-likeness (QED) is 0.830. The summed E-state index contributed by atoms with van der Waals surface area (Å²) in [6, 6.07) is 3.65. The molecule has 1 N–H and O–H groups in total. The van der Waals surface area contributed by atoms with Crippen LogP contribution in [0.5, 0.6) is 5.75 Å². The number of methoxy groups -OCH3 is 1. The van der Waals surface area contributed by atoms with Gasteiger partial charge in [-0.3, -0.25) is 4.79 Å². The molecule has 126 valence electrons. The molecule has 1 amide bonds. The van der Waals surface area contributed by atoms with Crippen molar-refractivity contribution in [3.63, 3.8) is 0 Å². The number of benzene rings is 1. The van der Waals surface area contributed by atoms with Gasteiger partial charge in [-0.25, -0.2) is 5.43 Å². The van der Waals surface area contributed by atoms with Crippen LogP contribution >= 0.6 is 0 Å². The lowest BCUT2D eigenvalue weighted by Crippen LogP contribution is -2.43. The molecule has 0 spiro atoms. The number of hydrogen-bond acceptors (Lipinski definition) is 5. The lowest BCUT2D eigenvalue weighted by molar-refractivity contribution is -0.139. The molecule has 0 atom stereocenters. The van der Waals surface area contributed by atoms with E-state index >= 15 is 0 Å². The van der Waals surface area contributed by atoms with Crippen LogP contribution in [0.15, 0.2) is 23.3 Å². The fourth-order valence-electron chi connectivity index (χ4n) is 2.06. The topological polar surface area (TPSA) is 63.2 Å². The number of nitrogens with one attached hydrogen (secondary N) is 1. The van der Waals surface area contributed by atoms with Gasteiger partial charge in [0, 0.05) is 19.7 Å². The maximum absolute atomic E-state index is 13.2. The van der Waals surface area contributed by atoms with E-state index in [2.05, 4.69) is 10.5 Å². The van der Waals surface area contributed by atoms with Gasteiger partial charge >= 0.3 is 6.18 Å². The third-order valence-electron chi connectivity index (χ3n) is 3.12. The molecule has 0 aliphatic carbocycles. The molecule has 6 nitrogen and oxygen atoms in total. The molecule has 0 saturated heterocycles. The average Bonchev–Trinajstić information content (AvgIpc) is 2.47. The Morgan fingerprint density at radius 3 is 2.70 bits per heavy atom. The Hall–Kier alpha value is -2.29. The van der Waals surface area contributed by atoms with Crippen LogP contribution in [0.4, 0.5) is 13.2 Å². The van der Waals surface area contributed by atoms with Crippen molar-refractivity contribution in [1.29, 1.82) is 0 Å². The van der Waals surface area contributed by atoms with Crippen molar-refractivity contribution in [2.24, 2.45) is 5.10 Å². The summed E-state index contributed by atoms with van der Waals surface area (Å²) in [6.07, 6.45) is -4.57. The third-order valence-corrected chi connectivity index (χ3v) is 3.12. The molecule has 0 unspecified atom stereocenters. The maximum atomic E-state index is 13.2. The van der Waals surface area contributed by atoms with Crippen LogP contribution in [-0.2, 0) is 15.7 Å². The fraction of sp³-hybridized carbons (Fsp3) is 0.429. The van der Waals surface area contributed by atoms with Crippen molar-refractivity contribution in [2.45, 2.75) is 6.18 Å². The first-order chi connectivity index (χ1) is 10.8. The van der Waals surface area contributed by atoms with E-state index in [1.54, 1.807) is 7.05 Å². The molecule has 9 heteroatoms. The molecule has 0 aromatic heterocycles. The standard InChI is InChI=1S/C14H16F3N3O3/c1-20-8-12(21)18-19-13(20)9-3-4-11(23-6-5-22-2)10(7-9)14(15,16)17/h3-4,7H,5-6,8H2,1-2H3,(H,18,21). The summed E-state index contributed by atoms with van der Waals surface area (Å²) in [5.74, 6) is -0.355. The van der Waals surface area contributed by atoms with Gasteiger partial charge in [0.15, 0.2) is 5.84 Å². The fourth-order valence-corrected chi connectivity index (χ4v) is 2.06. The summed E-state index contributed by atoms with van der Waals surface area (Å²) in [5, 5.41) is 3.80. The number of ether oxygens (including phenoxy) is 2. The molecule has 1 heterocycles. The van der Waals surface area contributed by atoms with Gasteiger partial charge in [-0.2, -0.15) is 18.3 Å². The molecular weight excluding hydrogens is 315 g/mol. The minimum absolute atomic E-state index is 0.00976. The molecule has 23 heavy (non-hydrogen) atoms. The summed E-state index contributed by atoms with van der Waals surface area (Å²) in [5.41, 5.74) is 1.59. The van der Waals surface area contributed by atoms with Gasteiger partial charge in [0.1, 0.15) is 12.4 Å². The lowest BCUT2D eigenvalue weighted by Gasteiger charge is -2.25. The van der Waals surface area contributed by atoms with Crippen molar-refractivity contribution in [3.05, 3.63) is 29.3 Å². The van der Waals surface area contributed by atoms with Gasteiger partial charge in [0.05, 0.1) is 18.7 Å². The van der Waals surface area contributed by atoms with Gasteiger partial charge in [-0.1, -0.05) is 0 Å². The highest BCUT2D eigenvalue weighted by atomic mass is 19.4. The lowest BCUT2D eigenvalue weighted by atomic mass is 10.1. The molecule has 0 saturated carbocycles. The molecule has 1 aromatic rings. The number of amides is 1. The summed E-state index contributed by atoms with van der Waals surface area (Å²) in [7, 11) is 3.01. The Bertz CT molecular complexity index is 617. The van der Waals surface area contributed by atoms with Gasteiger partial charge in [0.25, 0.3) is 5.91 Å². The zero-order valence-corrected chi connectivity index (χ0v) is 12.6. The minimum Gasteiger partial charge on any atom is -0.491 e. The smallest absolute Gasteiger partial charge is 0.419 e. The van der Waals surface area contributed by atoms with E-state index in [0.717, 1.165) is 6.07 Å². The number of amidine groups is 1. The predicted octanol–water partition coefficient (Wildman–Crippen LogP) is 1.45. The molecule has 1 aliphatic heterocycles. The van der Waals surface area contributed by atoms with E-state index in [1.807, 2.05) is 0 Å². The average molecular weight is 331 g/mol. The van der Waals surface area contributed by atoms with E-state index in [1.165, 1.54) is 24.1 Å². The zero-order valence-electron chi connectivity index (χ0n) is 12.6. The summed E-state index contributed by atoms with van der Waals surface area (Å²) >= 11 is 0. The number of halogens is 3. The summed E-state index contributed by atoms with van der Waals surface area (Å²) in [4.78, 5) is 12.7. The molecule has 0 bridgehead atoms. The van der Waals surface area contributed by atoms with Gasteiger partial charge in [0.2, 0.25) is 0 Å². The second-order valence-corrected chi connectivity index (χ2v) is 4.88. The highest BCUT2D eigenvalue weighted by Crippen LogP contribution is 2.37. The largest absolute Gasteiger partial charge is 0.491 e. The van der Waals surface area contributed by atoms with E-state index in [9.17, 15) is 18.0 Å². The first-order valence-corrected chi connectivity index (χ1v) is 6.74. The number of hydrogen-bond donors (Lipinski definition) is 1. The summed E-state index contributed by atoms with van der Waals surface area (Å²) < 4.78 is 49.6. The third kappa shape index (κ3) is 4.13. The van der Waals surface area contributed by atoms with Crippen LogP contribution in [0.3, 0.4) is 0 Å². The number of carbonyl (C=O) groups is 1. The molecule has 2 rings (SSSR count). The Kier molecular flexibility index (Phi) is 5.09. The normalized spacial score (nSPS) is 15.3. The number of carbonyl (C=O) groups excluding carboxylic acids is 1. The van der Waals surface area contributed by atoms with Crippen LogP contribution in [0.1, 0.15) is 11.1 Å². The first-order valence-electron chi connectivity index (χ1n) is 6.74. The van der Waals surface area contributed by atoms with Crippen LogP contribution in [-0.4, -0.2) is 50.6 Å². The van der Waals surface area contributed by atoms with Crippen molar-refractivity contribution in [3.8, 4) is 5.75 Å². The maximum Gasteiger partial charge on any atom is 0.419 e. The molecular formula is C14H16F3N3O3. The number of nitrogens with zero attached hydrogens (tertiary/aromatic N) is 2. The summed E-state index contributed by atoms with van der Waals surface area (Å²) in [6.45, 7) is 0.211. The van der Waals surface area contributed by atoms with Gasteiger partial charge in [-0.05, 0) is 18.2 Å². The van der Waals surface area contributed by atoms with Gasteiger partial charge in [-0.15, -0.1) is 0 Å². The number of likely N-dealkylation sites (N-methyl/N-ethyl adjacent to an activating group) is 1. The van der Waals surface area contributed by atoms with Crippen LogP contribution in [0.25, 0.3) is 0 Å². The monoisotopic (exact) mass is 331 g/mol. The zero-order chi connectivity index (χ0) is 17.0. The van der Waals surface area contributed by atoms with E-state index in [-0.39, 0.29) is 42.8 Å². The highest BCUT2D eigenvalue weighted by molar-refractivity contribution is 6.02. The predicted molar refractivity (Wildman–Crippen MR) is 76.1 cm³/mol. The number of rotatable bonds is 5. The second kappa shape index (κ2) is 6.86. The Morgan fingerprint density at radius 1 is 1.35 bits per heavy atom. The van der Waals surface area contributed by atoms with Crippen LogP contribution in [0.2, 0.25) is 0 Å². The minimum atomic E-state index is -4.57. The molecule has 0 fully saturated rings. The number of alkyl halides is 3. The van der Waals surface area contributed by atoms with Crippen molar-refractivity contribution in [2.75, 3.05) is 33.9 Å². The molecule has 1 aliphatic rings. The Balaban J connectivity index is 2.35. The van der Waals surface area contributed by atoms with Crippen LogP contribution < -0.4 is 10.2 Å². The van der Waals surface area contributed by atoms with Gasteiger partial charge < -0.3 is 14.4 Å². The van der Waals surface area contributed by atoms with Crippen molar-refractivity contribution >= 4 is 11.7 Å².